The second-order valence-electron chi connectivity index (χ2n) is 2.47. The van der Waals surface area contributed by atoms with Gasteiger partial charge < -0.3 is 4.52 Å². The smallest absolute Gasteiger partial charge is 0.262 e. The van der Waals surface area contributed by atoms with Crippen molar-refractivity contribution in [1.82, 2.24) is 10.1 Å². The van der Waals surface area contributed by atoms with Crippen LogP contribution in [-0.4, -0.2) is 10.1 Å². The van der Waals surface area contributed by atoms with Crippen molar-refractivity contribution in [3.63, 3.8) is 0 Å². The van der Waals surface area contributed by atoms with E-state index >= 15 is 0 Å². The Morgan fingerprint density at radius 3 is 2.64 bits per heavy atom. The number of hydrogen-bond acceptors (Lipinski definition) is 3. The maximum atomic E-state index is 13.4. The first kappa shape index (κ1) is 9.79. The molecule has 0 N–H and O–H groups in total. The van der Waals surface area contributed by atoms with Gasteiger partial charge in [0.1, 0.15) is 5.82 Å². The zero-order chi connectivity index (χ0) is 10.1. The van der Waals surface area contributed by atoms with E-state index in [0.29, 0.717) is 9.21 Å². The fourth-order valence-corrected chi connectivity index (χ4v) is 1.75. The van der Waals surface area contributed by atoms with Crippen LogP contribution in [0.2, 0.25) is 0 Å². The minimum atomic E-state index is -0.407. The van der Waals surface area contributed by atoms with E-state index in [4.69, 9.17) is 4.52 Å². The SMILES string of the molecule is Fc1cccc(Br)c1-c1nc(Br)no1. The quantitative estimate of drug-likeness (QED) is 0.808. The average molecular weight is 322 g/mol. The number of halogens is 3. The molecular formula is C8H3Br2FN2O. The molecule has 0 aliphatic carbocycles. The maximum Gasteiger partial charge on any atom is 0.262 e. The molecule has 0 fully saturated rings. The summed E-state index contributed by atoms with van der Waals surface area (Å²) in [5, 5.41) is 3.52. The van der Waals surface area contributed by atoms with E-state index in [9.17, 15) is 4.39 Å². The van der Waals surface area contributed by atoms with E-state index in [1.165, 1.54) is 6.07 Å². The first-order valence-electron chi connectivity index (χ1n) is 3.62. The van der Waals surface area contributed by atoms with Gasteiger partial charge in [-0.2, -0.15) is 4.98 Å². The van der Waals surface area contributed by atoms with Gasteiger partial charge in [0.05, 0.1) is 5.56 Å². The Labute approximate surface area is 95.6 Å². The Morgan fingerprint density at radius 1 is 1.29 bits per heavy atom. The lowest BCUT2D eigenvalue weighted by Gasteiger charge is -1.98. The molecule has 0 unspecified atom stereocenters. The number of nitrogens with zero attached hydrogens (tertiary/aromatic N) is 2. The summed E-state index contributed by atoms with van der Waals surface area (Å²) < 4.78 is 19.1. The first-order chi connectivity index (χ1) is 6.68. The molecule has 2 aromatic rings. The van der Waals surface area contributed by atoms with E-state index in [1.54, 1.807) is 12.1 Å². The van der Waals surface area contributed by atoms with E-state index in [0.717, 1.165) is 0 Å². The van der Waals surface area contributed by atoms with Gasteiger partial charge in [0.2, 0.25) is 4.73 Å². The molecular weight excluding hydrogens is 319 g/mol. The Kier molecular flexibility index (Phi) is 2.64. The van der Waals surface area contributed by atoms with Crippen LogP contribution in [0.15, 0.2) is 31.9 Å². The molecule has 0 bridgehead atoms. The second-order valence-corrected chi connectivity index (χ2v) is 4.03. The van der Waals surface area contributed by atoms with Gasteiger partial charge in [-0.15, -0.1) is 0 Å². The van der Waals surface area contributed by atoms with Crippen LogP contribution in [0, 0.1) is 5.82 Å². The normalized spacial score (nSPS) is 10.5. The van der Waals surface area contributed by atoms with Crippen LogP contribution in [0.25, 0.3) is 11.5 Å². The van der Waals surface area contributed by atoms with Crippen LogP contribution in [0.5, 0.6) is 0 Å². The van der Waals surface area contributed by atoms with Crippen molar-refractivity contribution in [2.45, 2.75) is 0 Å². The molecule has 0 amide bonds. The van der Waals surface area contributed by atoms with Crippen molar-refractivity contribution in [2.75, 3.05) is 0 Å². The molecule has 3 nitrogen and oxygen atoms in total. The Hall–Kier alpha value is -0.750. The predicted molar refractivity (Wildman–Crippen MR) is 55.1 cm³/mol. The highest BCUT2D eigenvalue weighted by molar-refractivity contribution is 9.10. The molecule has 72 valence electrons. The van der Waals surface area contributed by atoms with Gasteiger partial charge >= 0.3 is 0 Å². The fourth-order valence-electron chi connectivity index (χ4n) is 1.01. The van der Waals surface area contributed by atoms with Crippen molar-refractivity contribution >= 4 is 31.9 Å². The lowest BCUT2D eigenvalue weighted by Crippen LogP contribution is -1.85. The van der Waals surface area contributed by atoms with Crippen LogP contribution >= 0.6 is 31.9 Å². The summed E-state index contributed by atoms with van der Waals surface area (Å²) in [5.74, 6) is -0.266. The lowest BCUT2D eigenvalue weighted by atomic mass is 10.2. The molecule has 0 aliphatic heterocycles. The van der Waals surface area contributed by atoms with Crippen molar-refractivity contribution in [2.24, 2.45) is 0 Å². The molecule has 0 atom stereocenters. The minimum Gasteiger partial charge on any atom is -0.333 e. The predicted octanol–water partition coefficient (Wildman–Crippen LogP) is 3.40. The van der Waals surface area contributed by atoms with Crippen LogP contribution in [0.4, 0.5) is 4.39 Å². The van der Waals surface area contributed by atoms with Gasteiger partial charge in [0.25, 0.3) is 5.89 Å². The molecule has 6 heteroatoms. The molecule has 0 aliphatic rings. The third-order valence-electron chi connectivity index (χ3n) is 1.58. The standard InChI is InChI=1S/C8H3Br2FN2O/c9-4-2-1-3-5(11)6(4)7-12-8(10)13-14-7/h1-3H. The fraction of sp³-hybridized carbons (Fsp3) is 0. The second kappa shape index (κ2) is 3.78. The van der Waals surface area contributed by atoms with E-state index in [1.807, 2.05) is 0 Å². The summed E-state index contributed by atoms with van der Waals surface area (Å²) in [6.45, 7) is 0. The van der Waals surface area contributed by atoms with Crippen molar-refractivity contribution in [3.8, 4) is 11.5 Å². The summed E-state index contributed by atoms with van der Waals surface area (Å²) in [5.41, 5.74) is 0.269. The van der Waals surface area contributed by atoms with E-state index in [-0.39, 0.29) is 11.5 Å². The maximum absolute atomic E-state index is 13.4. The minimum absolute atomic E-state index is 0.141. The molecule has 1 aromatic heterocycles. The summed E-state index contributed by atoms with van der Waals surface area (Å²) in [4.78, 5) is 3.87. The third kappa shape index (κ3) is 1.72. The Morgan fingerprint density at radius 2 is 2.07 bits per heavy atom. The van der Waals surface area contributed by atoms with Crippen LogP contribution in [0.3, 0.4) is 0 Å². The number of benzene rings is 1. The summed E-state index contributed by atoms with van der Waals surface area (Å²) >= 11 is 6.23. The van der Waals surface area contributed by atoms with Crippen LogP contribution < -0.4 is 0 Å². The molecule has 0 radical (unpaired) electrons. The van der Waals surface area contributed by atoms with Gasteiger partial charge in [0, 0.05) is 4.47 Å². The highest BCUT2D eigenvalue weighted by Crippen LogP contribution is 2.29. The molecule has 0 saturated carbocycles. The van der Waals surface area contributed by atoms with Gasteiger partial charge in [-0.05, 0) is 49.1 Å². The van der Waals surface area contributed by atoms with E-state index < -0.39 is 5.82 Å². The van der Waals surface area contributed by atoms with E-state index in [2.05, 4.69) is 42.0 Å². The Balaban J connectivity index is 2.61. The van der Waals surface area contributed by atoms with Gasteiger partial charge in [-0.1, -0.05) is 6.07 Å². The molecule has 0 saturated heterocycles. The van der Waals surface area contributed by atoms with Crippen molar-refractivity contribution in [1.29, 1.82) is 0 Å². The number of hydrogen-bond donors (Lipinski definition) is 0. The molecule has 14 heavy (non-hydrogen) atoms. The molecule has 0 spiro atoms. The van der Waals surface area contributed by atoms with Gasteiger partial charge in [-0.3, -0.25) is 0 Å². The zero-order valence-corrected chi connectivity index (χ0v) is 9.84. The third-order valence-corrected chi connectivity index (χ3v) is 2.56. The highest BCUT2D eigenvalue weighted by atomic mass is 79.9. The van der Waals surface area contributed by atoms with Crippen LogP contribution in [0.1, 0.15) is 0 Å². The average Bonchev–Trinajstić information content (AvgIpc) is 2.51. The molecule has 1 aromatic carbocycles. The van der Waals surface area contributed by atoms with Gasteiger partial charge in [0.15, 0.2) is 0 Å². The van der Waals surface area contributed by atoms with Crippen molar-refractivity contribution in [3.05, 3.63) is 33.2 Å². The van der Waals surface area contributed by atoms with Crippen LogP contribution in [-0.2, 0) is 0 Å². The zero-order valence-electron chi connectivity index (χ0n) is 6.67. The Bertz CT molecular complexity index is 452. The molecule has 2 rings (SSSR count). The number of aromatic nitrogens is 2. The summed E-state index contributed by atoms with van der Waals surface area (Å²) in [7, 11) is 0. The summed E-state index contributed by atoms with van der Waals surface area (Å²) in [6.07, 6.45) is 0. The van der Waals surface area contributed by atoms with Crippen molar-refractivity contribution < 1.29 is 8.91 Å². The summed E-state index contributed by atoms with van der Waals surface area (Å²) in [6, 6.07) is 4.63. The highest BCUT2D eigenvalue weighted by Gasteiger charge is 2.15. The lowest BCUT2D eigenvalue weighted by molar-refractivity contribution is 0.423. The topological polar surface area (TPSA) is 38.9 Å². The number of rotatable bonds is 1. The van der Waals surface area contributed by atoms with Gasteiger partial charge in [-0.25, -0.2) is 4.39 Å². The first-order valence-corrected chi connectivity index (χ1v) is 5.20. The molecule has 1 heterocycles. The monoisotopic (exact) mass is 320 g/mol. The largest absolute Gasteiger partial charge is 0.333 e.